The maximum Gasteiger partial charge on any atom is 0.223 e. The van der Waals surface area contributed by atoms with Crippen molar-refractivity contribution in [1.82, 2.24) is 10.3 Å². The molecule has 100 valence electrons. The number of hydrogen-bond acceptors (Lipinski definition) is 4. The average molecular weight is 274 g/mol. The minimum atomic E-state index is 0.671. The van der Waals surface area contributed by atoms with Crippen LogP contribution in [0.15, 0.2) is 47.5 Å². The van der Waals surface area contributed by atoms with Crippen LogP contribution in [-0.2, 0) is 6.54 Å². The molecule has 1 aromatic carbocycles. The van der Waals surface area contributed by atoms with E-state index in [1.165, 1.54) is 0 Å². The van der Waals surface area contributed by atoms with Crippen LogP contribution in [-0.4, -0.2) is 17.8 Å². The van der Waals surface area contributed by atoms with E-state index >= 15 is 0 Å². The highest BCUT2D eigenvalue weighted by Crippen LogP contribution is 2.31. The smallest absolute Gasteiger partial charge is 0.223 e. The van der Waals surface area contributed by atoms with Crippen molar-refractivity contribution >= 4 is 11.8 Å². The molecule has 0 aliphatic heterocycles. The summed E-state index contributed by atoms with van der Waals surface area (Å²) in [7, 11) is 0. The lowest BCUT2D eigenvalue weighted by Crippen LogP contribution is -2.12. The summed E-state index contributed by atoms with van der Waals surface area (Å²) >= 11 is 1.67. The fourth-order valence-corrected chi connectivity index (χ4v) is 2.24. The van der Waals surface area contributed by atoms with Crippen LogP contribution in [0.5, 0.6) is 11.6 Å². The fourth-order valence-electron chi connectivity index (χ4n) is 1.72. The largest absolute Gasteiger partial charge is 0.438 e. The molecule has 0 spiro atoms. The van der Waals surface area contributed by atoms with Gasteiger partial charge in [0.1, 0.15) is 5.75 Å². The van der Waals surface area contributed by atoms with Crippen LogP contribution in [0.2, 0.25) is 0 Å². The lowest BCUT2D eigenvalue weighted by atomic mass is 10.2. The second kappa shape index (κ2) is 7.16. The van der Waals surface area contributed by atoms with Gasteiger partial charge in [-0.2, -0.15) is 0 Å². The number of rotatable bonds is 6. The van der Waals surface area contributed by atoms with Crippen LogP contribution < -0.4 is 10.1 Å². The molecule has 0 saturated carbocycles. The second-order valence-electron chi connectivity index (χ2n) is 4.00. The molecular formula is C15H18N2OS. The van der Waals surface area contributed by atoms with E-state index in [9.17, 15) is 0 Å². The second-order valence-corrected chi connectivity index (χ2v) is 4.85. The summed E-state index contributed by atoms with van der Waals surface area (Å²) < 4.78 is 5.96. The van der Waals surface area contributed by atoms with E-state index in [4.69, 9.17) is 4.74 Å². The molecule has 1 aromatic heterocycles. The van der Waals surface area contributed by atoms with E-state index in [1.54, 1.807) is 18.0 Å². The maximum absolute atomic E-state index is 5.96. The van der Waals surface area contributed by atoms with E-state index in [2.05, 4.69) is 17.2 Å². The number of para-hydroxylation sites is 1. The van der Waals surface area contributed by atoms with Crippen molar-refractivity contribution in [3.63, 3.8) is 0 Å². The first-order chi connectivity index (χ1) is 9.35. The van der Waals surface area contributed by atoms with Crippen LogP contribution in [0.1, 0.15) is 12.5 Å². The van der Waals surface area contributed by atoms with Crippen molar-refractivity contribution in [3.8, 4) is 11.6 Å². The third kappa shape index (κ3) is 3.72. The Bertz CT molecular complexity index is 531. The van der Waals surface area contributed by atoms with E-state index in [-0.39, 0.29) is 0 Å². The van der Waals surface area contributed by atoms with Gasteiger partial charge in [-0.3, -0.25) is 0 Å². The molecular weight excluding hydrogens is 256 g/mol. The molecule has 19 heavy (non-hydrogen) atoms. The molecule has 0 atom stereocenters. The standard InChI is InChI=1S/C15H18N2OS/c1-3-16-11-12-7-6-10-17-15(12)18-13-8-4-5-9-14(13)19-2/h4-10,16H,3,11H2,1-2H3. The summed E-state index contributed by atoms with van der Waals surface area (Å²) in [6, 6.07) is 12.0. The van der Waals surface area contributed by atoms with Crippen LogP contribution in [0, 0.1) is 0 Å². The Kier molecular flexibility index (Phi) is 5.24. The zero-order valence-electron chi connectivity index (χ0n) is 11.2. The van der Waals surface area contributed by atoms with E-state index < -0.39 is 0 Å². The fraction of sp³-hybridized carbons (Fsp3) is 0.267. The van der Waals surface area contributed by atoms with Gasteiger partial charge in [0, 0.05) is 23.2 Å². The SMILES string of the molecule is CCNCc1cccnc1Oc1ccccc1SC. The number of ether oxygens (including phenoxy) is 1. The van der Waals surface area contributed by atoms with Gasteiger partial charge in [-0.25, -0.2) is 4.98 Å². The van der Waals surface area contributed by atoms with Crippen LogP contribution >= 0.6 is 11.8 Å². The third-order valence-corrected chi connectivity index (χ3v) is 3.47. The summed E-state index contributed by atoms with van der Waals surface area (Å²) in [4.78, 5) is 5.44. The molecule has 0 saturated heterocycles. The van der Waals surface area contributed by atoms with Gasteiger partial charge in [0.2, 0.25) is 5.88 Å². The number of benzene rings is 1. The Labute approximate surface area is 118 Å². The highest BCUT2D eigenvalue weighted by atomic mass is 32.2. The summed E-state index contributed by atoms with van der Waals surface area (Å²) in [5.41, 5.74) is 1.07. The Morgan fingerprint density at radius 2 is 2.05 bits per heavy atom. The predicted molar refractivity (Wildman–Crippen MR) is 79.9 cm³/mol. The van der Waals surface area contributed by atoms with Crippen LogP contribution in [0.4, 0.5) is 0 Å². The monoisotopic (exact) mass is 274 g/mol. The zero-order valence-corrected chi connectivity index (χ0v) is 12.0. The molecule has 0 unspecified atom stereocenters. The van der Waals surface area contributed by atoms with Gasteiger partial charge in [-0.05, 0) is 31.0 Å². The van der Waals surface area contributed by atoms with Crippen molar-refractivity contribution in [1.29, 1.82) is 0 Å². The quantitative estimate of drug-likeness (QED) is 0.814. The highest BCUT2D eigenvalue weighted by Gasteiger charge is 2.08. The predicted octanol–water partition coefficient (Wildman–Crippen LogP) is 3.71. The van der Waals surface area contributed by atoms with Crippen molar-refractivity contribution in [3.05, 3.63) is 48.2 Å². The minimum absolute atomic E-state index is 0.671. The first kappa shape index (κ1) is 13.9. The van der Waals surface area contributed by atoms with Crippen molar-refractivity contribution in [2.24, 2.45) is 0 Å². The maximum atomic E-state index is 5.96. The molecule has 0 aliphatic carbocycles. The molecule has 1 N–H and O–H groups in total. The number of nitrogens with one attached hydrogen (secondary N) is 1. The normalized spacial score (nSPS) is 10.4. The lowest BCUT2D eigenvalue weighted by molar-refractivity contribution is 0.443. The summed E-state index contributed by atoms with van der Waals surface area (Å²) in [6.07, 6.45) is 3.80. The number of nitrogens with zero attached hydrogens (tertiary/aromatic N) is 1. The zero-order chi connectivity index (χ0) is 13.5. The van der Waals surface area contributed by atoms with Gasteiger partial charge >= 0.3 is 0 Å². The van der Waals surface area contributed by atoms with E-state index in [0.29, 0.717) is 5.88 Å². The summed E-state index contributed by atoms with van der Waals surface area (Å²) in [5, 5.41) is 3.29. The molecule has 0 fully saturated rings. The van der Waals surface area contributed by atoms with Gasteiger partial charge in [0.05, 0.1) is 0 Å². The molecule has 1 heterocycles. The van der Waals surface area contributed by atoms with Gasteiger partial charge in [-0.15, -0.1) is 11.8 Å². The molecule has 2 aromatic rings. The number of pyridine rings is 1. The van der Waals surface area contributed by atoms with Gasteiger partial charge < -0.3 is 10.1 Å². The van der Waals surface area contributed by atoms with Crippen molar-refractivity contribution in [2.45, 2.75) is 18.4 Å². The van der Waals surface area contributed by atoms with Gasteiger partial charge in [-0.1, -0.05) is 25.1 Å². The summed E-state index contributed by atoms with van der Waals surface area (Å²) in [5.74, 6) is 1.52. The number of thioether (sulfide) groups is 1. The average Bonchev–Trinajstić information content (AvgIpc) is 2.47. The molecule has 4 heteroatoms. The Balaban J connectivity index is 2.22. The molecule has 2 rings (SSSR count). The van der Waals surface area contributed by atoms with E-state index in [1.807, 2.05) is 42.7 Å². The Morgan fingerprint density at radius 3 is 2.84 bits per heavy atom. The lowest BCUT2D eigenvalue weighted by Gasteiger charge is -2.12. The van der Waals surface area contributed by atoms with Crippen molar-refractivity contribution in [2.75, 3.05) is 12.8 Å². The van der Waals surface area contributed by atoms with Crippen LogP contribution in [0.3, 0.4) is 0 Å². The molecule has 0 aliphatic rings. The number of aromatic nitrogens is 1. The molecule has 0 radical (unpaired) electrons. The van der Waals surface area contributed by atoms with Gasteiger partial charge in [0.25, 0.3) is 0 Å². The Morgan fingerprint density at radius 1 is 1.21 bits per heavy atom. The molecule has 0 bridgehead atoms. The van der Waals surface area contributed by atoms with Gasteiger partial charge in [0.15, 0.2) is 0 Å². The highest BCUT2D eigenvalue weighted by molar-refractivity contribution is 7.98. The first-order valence-corrected chi connectivity index (χ1v) is 7.53. The minimum Gasteiger partial charge on any atom is -0.438 e. The van der Waals surface area contributed by atoms with Crippen molar-refractivity contribution < 1.29 is 4.74 Å². The Hall–Kier alpha value is -1.52. The molecule has 0 amide bonds. The molecule has 3 nitrogen and oxygen atoms in total. The van der Waals surface area contributed by atoms with E-state index in [0.717, 1.165) is 29.3 Å². The first-order valence-electron chi connectivity index (χ1n) is 6.30. The topological polar surface area (TPSA) is 34.2 Å². The third-order valence-electron chi connectivity index (χ3n) is 2.69. The van der Waals surface area contributed by atoms with Crippen LogP contribution in [0.25, 0.3) is 0 Å². The summed E-state index contributed by atoms with van der Waals surface area (Å²) in [6.45, 7) is 3.77. The number of hydrogen-bond donors (Lipinski definition) is 1.